The molecule has 4 heterocycles. The molecule has 2 bridgehead atoms. The fourth-order valence-electron chi connectivity index (χ4n) is 7.13. The summed E-state index contributed by atoms with van der Waals surface area (Å²) in [5.74, 6) is 1.02. The Kier molecular flexibility index (Phi) is 6.97. The Hall–Kier alpha value is -0.270. The molecule has 172 valence electrons. The van der Waals surface area contributed by atoms with Gasteiger partial charge in [0.2, 0.25) is 0 Å². The minimum Gasteiger partial charge on any atom is -0.378 e. The number of fused-ring (bicyclic) bond motifs is 6. The Morgan fingerprint density at radius 3 is 2.60 bits per heavy atom. The van der Waals surface area contributed by atoms with Gasteiger partial charge in [0.15, 0.2) is 0 Å². The number of nitrogens with one attached hydrogen (secondary N) is 1. The first-order chi connectivity index (χ1) is 14.8. The van der Waals surface area contributed by atoms with Crippen LogP contribution in [0.1, 0.15) is 64.2 Å². The summed E-state index contributed by atoms with van der Waals surface area (Å²) in [6.45, 7) is 6.11. The van der Waals surface area contributed by atoms with E-state index in [-0.39, 0.29) is 11.6 Å². The van der Waals surface area contributed by atoms with Crippen molar-refractivity contribution in [2.24, 2.45) is 11.8 Å². The molecule has 1 N–H and O–H groups in total. The summed E-state index contributed by atoms with van der Waals surface area (Å²) in [6, 6.07) is 0.351. The number of morpholine rings is 1. The SMILES string of the molecule is FC1CCCC2C3CCC(CC3)OC[C@@H]3N(CCCOC12)CCC[C@@]31COCCN1. The molecule has 6 heteroatoms. The molecule has 0 aromatic carbocycles. The zero-order valence-corrected chi connectivity index (χ0v) is 18.5. The summed E-state index contributed by atoms with van der Waals surface area (Å²) in [6.07, 6.45) is 10.1. The maximum atomic E-state index is 14.8. The lowest BCUT2D eigenvalue weighted by molar-refractivity contribution is -0.113. The summed E-state index contributed by atoms with van der Waals surface area (Å²) in [5, 5.41) is 3.83. The van der Waals surface area contributed by atoms with Gasteiger partial charge in [0.1, 0.15) is 6.17 Å². The van der Waals surface area contributed by atoms with Gasteiger partial charge in [0.25, 0.3) is 0 Å². The second-order valence-electron chi connectivity index (χ2n) is 10.5. The molecule has 4 saturated heterocycles. The number of alkyl halides is 1. The van der Waals surface area contributed by atoms with Crippen molar-refractivity contribution >= 4 is 0 Å². The van der Waals surface area contributed by atoms with Crippen molar-refractivity contribution in [1.82, 2.24) is 10.2 Å². The quantitative estimate of drug-likeness (QED) is 0.646. The summed E-state index contributed by atoms with van der Waals surface area (Å²) >= 11 is 0. The molecule has 4 aliphatic heterocycles. The van der Waals surface area contributed by atoms with E-state index in [9.17, 15) is 4.39 Å². The first kappa shape index (κ1) is 21.6. The minimum atomic E-state index is -0.778. The number of rotatable bonds is 0. The van der Waals surface area contributed by atoms with E-state index in [0.717, 1.165) is 78.0 Å². The molecule has 3 unspecified atom stereocenters. The van der Waals surface area contributed by atoms with Crippen LogP contribution in [0.3, 0.4) is 0 Å². The van der Waals surface area contributed by atoms with Crippen molar-refractivity contribution in [3.63, 3.8) is 0 Å². The van der Waals surface area contributed by atoms with Crippen LogP contribution in [0.2, 0.25) is 0 Å². The van der Waals surface area contributed by atoms with Gasteiger partial charge in [-0.2, -0.15) is 0 Å². The third-order valence-electron chi connectivity index (χ3n) is 8.74. The Morgan fingerprint density at radius 2 is 1.77 bits per heavy atom. The van der Waals surface area contributed by atoms with E-state index in [2.05, 4.69) is 10.2 Å². The standard InChI is InChI=1S/C24H41FN2O3/c25-21-5-1-4-20-18-6-8-19(9-7-18)30-16-22-24(17-28-15-11-26-24)10-2-12-27(22)13-3-14-29-23(20)21/h18-23,26H,1-17H2/t18?,19?,20?,21?,22-,23?,24+/m0/s1. The van der Waals surface area contributed by atoms with E-state index in [4.69, 9.17) is 14.2 Å². The fourth-order valence-corrected chi connectivity index (χ4v) is 7.13. The maximum absolute atomic E-state index is 14.8. The molecule has 5 atom stereocenters. The predicted octanol–water partition coefficient (Wildman–Crippen LogP) is 3.31. The molecule has 0 amide bonds. The molecular formula is C24H41FN2O3. The smallest absolute Gasteiger partial charge is 0.126 e. The van der Waals surface area contributed by atoms with Gasteiger partial charge in [-0.1, -0.05) is 6.42 Å². The van der Waals surface area contributed by atoms with Crippen LogP contribution in [0, 0.1) is 11.8 Å². The summed E-state index contributed by atoms with van der Waals surface area (Å²) in [7, 11) is 0. The lowest BCUT2D eigenvalue weighted by Gasteiger charge is -2.52. The molecule has 1 spiro atoms. The van der Waals surface area contributed by atoms with E-state index in [1.807, 2.05) is 0 Å². The van der Waals surface area contributed by atoms with E-state index in [0.29, 0.717) is 37.0 Å². The van der Waals surface area contributed by atoms with Crippen LogP contribution in [-0.4, -0.2) is 80.9 Å². The Morgan fingerprint density at radius 1 is 0.900 bits per heavy atom. The van der Waals surface area contributed by atoms with Crippen LogP contribution in [0.5, 0.6) is 0 Å². The fraction of sp³-hybridized carbons (Fsp3) is 1.00. The van der Waals surface area contributed by atoms with Gasteiger partial charge >= 0.3 is 0 Å². The molecule has 0 aromatic heterocycles. The van der Waals surface area contributed by atoms with Crippen molar-refractivity contribution in [2.45, 2.75) is 94.2 Å². The number of halogens is 1. The third kappa shape index (κ3) is 4.45. The lowest BCUT2D eigenvalue weighted by Crippen LogP contribution is -2.70. The van der Waals surface area contributed by atoms with Crippen LogP contribution in [0.4, 0.5) is 4.39 Å². The van der Waals surface area contributed by atoms with Gasteiger partial charge in [-0.15, -0.1) is 0 Å². The second kappa shape index (κ2) is 9.70. The molecule has 0 aromatic rings. The molecular weight excluding hydrogens is 383 g/mol. The summed E-state index contributed by atoms with van der Waals surface area (Å²) in [4.78, 5) is 2.61. The normalized spacial score (nSPS) is 46.7. The van der Waals surface area contributed by atoms with Crippen LogP contribution in [0.15, 0.2) is 0 Å². The van der Waals surface area contributed by atoms with E-state index >= 15 is 0 Å². The van der Waals surface area contributed by atoms with E-state index in [1.54, 1.807) is 0 Å². The summed E-state index contributed by atoms with van der Waals surface area (Å²) in [5.41, 5.74) is 0.0180. The highest BCUT2D eigenvalue weighted by atomic mass is 19.1. The molecule has 2 aliphatic carbocycles. The number of hydrogen-bond acceptors (Lipinski definition) is 5. The largest absolute Gasteiger partial charge is 0.378 e. The Bertz CT molecular complexity index is 545. The molecule has 5 nitrogen and oxygen atoms in total. The van der Waals surface area contributed by atoms with Gasteiger partial charge in [-0.05, 0) is 76.2 Å². The molecule has 30 heavy (non-hydrogen) atoms. The van der Waals surface area contributed by atoms with Crippen molar-refractivity contribution in [2.75, 3.05) is 46.1 Å². The van der Waals surface area contributed by atoms with Gasteiger partial charge in [-0.25, -0.2) is 4.39 Å². The summed E-state index contributed by atoms with van der Waals surface area (Å²) < 4.78 is 33.7. The second-order valence-corrected chi connectivity index (χ2v) is 10.5. The van der Waals surface area contributed by atoms with Gasteiger partial charge in [0, 0.05) is 19.7 Å². The van der Waals surface area contributed by atoms with Crippen LogP contribution < -0.4 is 5.32 Å². The number of piperidine rings is 1. The lowest BCUT2D eigenvalue weighted by atomic mass is 9.71. The molecule has 6 rings (SSSR count). The highest BCUT2D eigenvalue weighted by Gasteiger charge is 2.47. The zero-order chi connectivity index (χ0) is 20.4. The van der Waals surface area contributed by atoms with Crippen molar-refractivity contribution in [3.8, 4) is 0 Å². The first-order valence-electron chi connectivity index (χ1n) is 12.7. The number of hydrogen-bond donors (Lipinski definition) is 1. The number of nitrogens with zero attached hydrogens (tertiary/aromatic N) is 1. The first-order valence-corrected chi connectivity index (χ1v) is 12.7. The predicted molar refractivity (Wildman–Crippen MR) is 114 cm³/mol. The highest BCUT2D eigenvalue weighted by molar-refractivity contribution is 5.04. The molecule has 0 radical (unpaired) electrons. The van der Waals surface area contributed by atoms with Gasteiger partial charge in [-0.3, -0.25) is 4.90 Å². The Labute approximate surface area is 181 Å². The highest BCUT2D eigenvalue weighted by Crippen LogP contribution is 2.42. The Balaban J connectivity index is 1.32. The average molecular weight is 425 g/mol. The average Bonchev–Trinajstić information content (AvgIpc) is 2.78. The molecule has 6 aliphatic rings. The molecule has 2 saturated carbocycles. The zero-order valence-electron chi connectivity index (χ0n) is 18.5. The van der Waals surface area contributed by atoms with Crippen LogP contribution >= 0.6 is 0 Å². The molecule has 6 fully saturated rings. The topological polar surface area (TPSA) is 43.0 Å². The van der Waals surface area contributed by atoms with Crippen molar-refractivity contribution in [3.05, 3.63) is 0 Å². The third-order valence-corrected chi connectivity index (χ3v) is 8.74. The maximum Gasteiger partial charge on any atom is 0.126 e. The van der Waals surface area contributed by atoms with Gasteiger partial charge < -0.3 is 19.5 Å². The van der Waals surface area contributed by atoms with Crippen molar-refractivity contribution in [1.29, 1.82) is 0 Å². The van der Waals surface area contributed by atoms with Crippen LogP contribution in [-0.2, 0) is 14.2 Å². The van der Waals surface area contributed by atoms with E-state index < -0.39 is 6.17 Å². The minimum absolute atomic E-state index is 0.0180. The van der Waals surface area contributed by atoms with Gasteiger partial charge in [0.05, 0.1) is 43.6 Å². The van der Waals surface area contributed by atoms with Crippen molar-refractivity contribution < 1.29 is 18.6 Å². The van der Waals surface area contributed by atoms with E-state index in [1.165, 1.54) is 19.3 Å². The van der Waals surface area contributed by atoms with Crippen LogP contribution in [0.25, 0.3) is 0 Å². The number of ether oxygens (including phenoxy) is 3. The monoisotopic (exact) mass is 424 g/mol.